The molecule has 76 valence electrons. The normalized spacial score (nSPS) is 15.2. The van der Waals surface area contributed by atoms with E-state index in [1.54, 1.807) is 24.3 Å². The molecule has 0 amide bonds. The summed E-state index contributed by atoms with van der Waals surface area (Å²) < 4.78 is 0. The smallest absolute Gasteiger partial charge is 0.150 e. The van der Waals surface area contributed by atoms with Gasteiger partial charge in [0.15, 0.2) is 0 Å². The van der Waals surface area contributed by atoms with Crippen molar-refractivity contribution in [1.29, 1.82) is 0 Å². The van der Waals surface area contributed by atoms with Crippen LogP contribution in [-0.2, 0) is 5.72 Å². The molecule has 0 aliphatic carbocycles. The number of hydrogen-bond acceptors (Lipinski definition) is 3. The van der Waals surface area contributed by atoms with Gasteiger partial charge in [0, 0.05) is 5.56 Å². The molecular formula is C11H15NO2. The van der Waals surface area contributed by atoms with Crippen LogP contribution in [0.1, 0.15) is 29.8 Å². The summed E-state index contributed by atoms with van der Waals surface area (Å²) in [6.07, 6.45) is 0.759. The van der Waals surface area contributed by atoms with Gasteiger partial charge in [-0.25, -0.2) is 0 Å². The van der Waals surface area contributed by atoms with Crippen LogP contribution in [0.5, 0.6) is 0 Å². The zero-order valence-electron chi connectivity index (χ0n) is 8.40. The van der Waals surface area contributed by atoms with Gasteiger partial charge in [-0.2, -0.15) is 0 Å². The Bertz CT molecular complexity index is 315. The second-order valence-electron chi connectivity index (χ2n) is 3.72. The first-order valence-electron chi connectivity index (χ1n) is 4.55. The van der Waals surface area contributed by atoms with E-state index in [2.05, 4.69) is 0 Å². The molecule has 0 spiro atoms. The minimum atomic E-state index is -1.33. The van der Waals surface area contributed by atoms with Gasteiger partial charge in [-0.05, 0) is 11.5 Å². The van der Waals surface area contributed by atoms with E-state index in [4.69, 9.17) is 5.73 Å². The SMILES string of the molecule is CC(C)C(N)(O)c1ccc(C=O)cc1. The number of rotatable bonds is 3. The van der Waals surface area contributed by atoms with Crippen molar-refractivity contribution >= 4 is 6.29 Å². The fourth-order valence-electron chi connectivity index (χ4n) is 1.16. The lowest BCUT2D eigenvalue weighted by Gasteiger charge is -2.27. The molecule has 1 atom stereocenters. The number of aliphatic hydroxyl groups is 1. The average Bonchev–Trinajstić information content (AvgIpc) is 2.17. The Labute approximate surface area is 83.6 Å². The zero-order valence-corrected chi connectivity index (χ0v) is 8.40. The van der Waals surface area contributed by atoms with Gasteiger partial charge in [0.2, 0.25) is 0 Å². The molecule has 0 saturated heterocycles. The predicted molar refractivity (Wildman–Crippen MR) is 54.8 cm³/mol. The van der Waals surface area contributed by atoms with Gasteiger partial charge in [-0.15, -0.1) is 0 Å². The maximum Gasteiger partial charge on any atom is 0.150 e. The third-order valence-corrected chi connectivity index (χ3v) is 2.39. The van der Waals surface area contributed by atoms with Crippen molar-refractivity contribution in [2.24, 2.45) is 11.7 Å². The summed E-state index contributed by atoms with van der Waals surface area (Å²) in [5.41, 5.74) is 5.61. The van der Waals surface area contributed by atoms with Crippen molar-refractivity contribution < 1.29 is 9.90 Å². The van der Waals surface area contributed by atoms with Crippen molar-refractivity contribution in [1.82, 2.24) is 0 Å². The van der Waals surface area contributed by atoms with Gasteiger partial charge in [0.25, 0.3) is 0 Å². The fourth-order valence-corrected chi connectivity index (χ4v) is 1.16. The van der Waals surface area contributed by atoms with Crippen LogP contribution in [0.3, 0.4) is 0 Å². The van der Waals surface area contributed by atoms with Crippen molar-refractivity contribution in [2.75, 3.05) is 0 Å². The van der Waals surface area contributed by atoms with E-state index in [1.165, 1.54) is 0 Å². The van der Waals surface area contributed by atoms with Crippen molar-refractivity contribution in [3.63, 3.8) is 0 Å². The van der Waals surface area contributed by atoms with E-state index in [0.29, 0.717) is 11.1 Å². The summed E-state index contributed by atoms with van der Waals surface area (Å²) in [6, 6.07) is 6.62. The van der Waals surface area contributed by atoms with Gasteiger partial charge in [0.05, 0.1) is 0 Å². The lowest BCUT2D eigenvalue weighted by Crippen LogP contribution is -2.41. The molecule has 0 heterocycles. The minimum absolute atomic E-state index is 0.0791. The molecule has 0 aromatic heterocycles. The summed E-state index contributed by atoms with van der Waals surface area (Å²) in [6.45, 7) is 3.68. The third-order valence-electron chi connectivity index (χ3n) is 2.39. The van der Waals surface area contributed by atoms with E-state index in [9.17, 15) is 9.90 Å². The highest BCUT2D eigenvalue weighted by atomic mass is 16.3. The highest BCUT2D eigenvalue weighted by molar-refractivity contribution is 5.74. The van der Waals surface area contributed by atoms with E-state index in [0.717, 1.165) is 6.29 Å². The number of carbonyl (C=O) groups is 1. The van der Waals surface area contributed by atoms with Crippen LogP contribution >= 0.6 is 0 Å². The van der Waals surface area contributed by atoms with Gasteiger partial charge < -0.3 is 5.11 Å². The summed E-state index contributed by atoms with van der Waals surface area (Å²) >= 11 is 0. The maximum absolute atomic E-state index is 10.4. The van der Waals surface area contributed by atoms with E-state index >= 15 is 0 Å². The predicted octanol–water partition coefficient (Wildman–Crippen LogP) is 1.26. The lowest BCUT2D eigenvalue weighted by atomic mass is 9.92. The highest BCUT2D eigenvalue weighted by Crippen LogP contribution is 2.23. The van der Waals surface area contributed by atoms with Gasteiger partial charge in [-0.1, -0.05) is 38.1 Å². The number of nitrogens with two attached hydrogens (primary N) is 1. The molecular weight excluding hydrogens is 178 g/mol. The Balaban J connectivity index is 3.02. The first-order valence-corrected chi connectivity index (χ1v) is 4.55. The lowest BCUT2D eigenvalue weighted by molar-refractivity contribution is -0.00395. The van der Waals surface area contributed by atoms with Crippen molar-refractivity contribution in [2.45, 2.75) is 19.6 Å². The molecule has 3 heteroatoms. The Morgan fingerprint density at radius 2 is 1.86 bits per heavy atom. The van der Waals surface area contributed by atoms with Crippen LogP contribution in [-0.4, -0.2) is 11.4 Å². The summed E-state index contributed by atoms with van der Waals surface area (Å²) in [5, 5.41) is 9.92. The Hall–Kier alpha value is -1.19. The fraction of sp³-hybridized carbons (Fsp3) is 0.364. The van der Waals surface area contributed by atoms with E-state index in [-0.39, 0.29) is 5.92 Å². The molecule has 1 aromatic carbocycles. The molecule has 0 saturated carbocycles. The topological polar surface area (TPSA) is 63.3 Å². The molecule has 0 fully saturated rings. The largest absolute Gasteiger partial charge is 0.372 e. The molecule has 3 N–H and O–H groups in total. The summed E-state index contributed by atoms with van der Waals surface area (Å²) in [5.74, 6) is -0.0791. The second kappa shape index (κ2) is 3.90. The summed E-state index contributed by atoms with van der Waals surface area (Å²) in [7, 11) is 0. The molecule has 1 rings (SSSR count). The first-order chi connectivity index (χ1) is 6.48. The second-order valence-corrected chi connectivity index (χ2v) is 3.72. The van der Waals surface area contributed by atoms with Crippen molar-refractivity contribution in [3.8, 4) is 0 Å². The highest BCUT2D eigenvalue weighted by Gasteiger charge is 2.27. The molecule has 0 radical (unpaired) electrons. The van der Waals surface area contributed by atoms with E-state index in [1.807, 2.05) is 13.8 Å². The Morgan fingerprint density at radius 3 is 2.21 bits per heavy atom. The van der Waals surface area contributed by atoms with Gasteiger partial charge in [0.1, 0.15) is 12.0 Å². The average molecular weight is 193 g/mol. The first kappa shape index (κ1) is 10.9. The Morgan fingerprint density at radius 1 is 1.36 bits per heavy atom. The Kier molecular flexibility index (Phi) is 3.03. The van der Waals surface area contributed by atoms with Crippen LogP contribution in [0.25, 0.3) is 0 Å². The van der Waals surface area contributed by atoms with E-state index < -0.39 is 5.72 Å². The molecule has 0 bridgehead atoms. The standard InChI is InChI=1S/C11H15NO2/c1-8(2)11(12,14)10-5-3-9(7-13)4-6-10/h3-8,14H,12H2,1-2H3. The zero-order chi connectivity index (χ0) is 10.8. The molecule has 1 unspecified atom stereocenters. The third kappa shape index (κ3) is 2.00. The number of carbonyl (C=O) groups excluding carboxylic acids is 1. The number of aldehydes is 1. The van der Waals surface area contributed by atoms with Crippen LogP contribution in [0.15, 0.2) is 24.3 Å². The van der Waals surface area contributed by atoms with Crippen LogP contribution in [0, 0.1) is 5.92 Å². The van der Waals surface area contributed by atoms with Gasteiger partial charge >= 0.3 is 0 Å². The number of hydrogen-bond donors (Lipinski definition) is 2. The van der Waals surface area contributed by atoms with Gasteiger partial charge in [-0.3, -0.25) is 10.5 Å². The molecule has 3 nitrogen and oxygen atoms in total. The molecule has 14 heavy (non-hydrogen) atoms. The minimum Gasteiger partial charge on any atom is -0.372 e. The van der Waals surface area contributed by atoms with Crippen molar-refractivity contribution in [3.05, 3.63) is 35.4 Å². The van der Waals surface area contributed by atoms with Crippen LogP contribution in [0.4, 0.5) is 0 Å². The quantitative estimate of drug-likeness (QED) is 0.561. The van der Waals surface area contributed by atoms with Crippen LogP contribution < -0.4 is 5.73 Å². The maximum atomic E-state index is 10.4. The molecule has 0 aliphatic rings. The number of benzene rings is 1. The summed E-state index contributed by atoms with van der Waals surface area (Å²) in [4.78, 5) is 10.4. The van der Waals surface area contributed by atoms with Crippen LogP contribution in [0.2, 0.25) is 0 Å². The molecule has 1 aromatic rings. The molecule has 0 aliphatic heterocycles. The monoisotopic (exact) mass is 193 g/mol.